The molecule has 0 aromatic carbocycles. The maximum Gasteiger partial charge on any atom is 0.405 e. The maximum absolute atomic E-state index is 12.7. The van der Waals surface area contributed by atoms with Gasteiger partial charge in [0.25, 0.3) is 5.56 Å². The Kier molecular flexibility index (Phi) is 5.32. The van der Waals surface area contributed by atoms with Gasteiger partial charge in [0.05, 0.1) is 5.60 Å². The second-order valence-electron chi connectivity index (χ2n) is 7.94. The zero-order chi connectivity index (χ0) is 21.6. The Labute approximate surface area is 163 Å². The van der Waals surface area contributed by atoms with Gasteiger partial charge in [0.1, 0.15) is 24.4 Å². The van der Waals surface area contributed by atoms with Crippen molar-refractivity contribution in [1.29, 1.82) is 0 Å². The van der Waals surface area contributed by atoms with Gasteiger partial charge in [0.2, 0.25) is 5.91 Å². The fourth-order valence-corrected chi connectivity index (χ4v) is 3.31. The molecule has 0 aliphatic heterocycles. The van der Waals surface area contributed by atoms with Crippen LogP contribution in [0.15, 0.2) is 10.9 Å². The molecule has 9 nitrogen and oxygen atoms in total. The van der Waals surface area contributed by atoms with Crippen molar-refractivity contribution in [3.8, 4) is 0 Å². The van der Waals surface area contributed by atoms with Crippen molar-refractivity contribution in [3.63, 3.8) is 0 Å². The minimum absolute atomic E-state index is 0.0211. The second kappa shape index (κ2) is 7.32. The number of aromatic nitrogens is 4. The van der Waals surface area contributed by atoms with E-state index in [9.17, 15) is 27.9 Å². The summed E-state index contributed by atoms with van der Waals surface area (Å²) in [6.07, 6.45) is -3.58. The topological polar surface area (TPSA) is 114 Å². The largest absolute Gasteiger partial charge is 0.405 e. The molecule has 160 valence electrons. The molecule has 2 aromatic heterocycles. The molecular formula is C17H23F3N6O3. The third-order valence-electron chi connectivity index (χ3n) is 4.62. The third-order valence-corrected chi connectivity index (χ3v) is 4.62. The molecule has 3 rings (SSSR count). The monoisotopic (exact) mass is 416 g/mol. The molecule has 1 aliphatic rings. The van der Waals surface area contributed by atoms with Crippen LogP contribution in [0.2, 0.25) is 0 Å². The Hall–Kier alpha value is -2.63. The molecule has 12 heteroatoms. The van der Waals surface area contributed by atoms with Gasteiger partial charge < -0.3 is 15.7 Å². The zero-order valence-electron chi connectivity index (χ0n) is 16.2. The Balaban J connectivity index is 1.85. The highest BCUT2D eigenvalue weighted by Crippen LogP contribution is 2.31. The number of carbonyl (C=O) groups excluding carboxylic acids is 1. The molecule has 0 unspecified atom stereocenters. The summed E-state index contributed by atoms with van der Waals surface area (Å²) in [5.74, 6) is -0.417. The molecule has 0 bridgehead atoms. The number of aliphatic hydroxyl groups is 1. The molecular weight excluding hydrogens is 393 g/mol. The van der Waals surface area contributed by atoms with Crippen LogP contribution in [0, 0.1) is 0 Å². The number of halogens is 3. The number of nitrogens with one attached hydrogen (secondary N) is 2. The smallest absolute Gasteiger partial charge is 0.390 e. The first-order valence-corrected chi connectivity index (χ1v) is 9.18. The zero-order valence-corrected chi connectivity index (χ0v) is 16.2. The summed E-state index contributed by atoms with van der Waals surface area (Å²) in [5, 5.41) is 22.8. The van der Waals surface area contributed by atoms with Crippen LogP contribution in [0.3, 0.4) is 0 Å². The summed E-state index contributed by atoms with van der Waals surface area (Å²) >= 11 is 0. The number of rotatable bonds is 6. The fourth-order valence-electron chi connectivity index (χ4n) is 3.31. The van der Waals surface area contributed by atoms with Crippen molar-refractivity contribution in [2.45, 2.75) is 63.9 Å². The van der Waals surface area contributed by atoms with Gasteiger partial charge in [-0.15, -0.1) is 5.10 Å². The third kappa shape index (κ3) is 4.86. The van der Waals surface area contributed by atoms with Gasteiger partial charge in [-0.3, -0.25) is 9.59 Å². The molecule has 1 amide bonds. The molecule has 1 aliphatic carbocycles. The highest BCUT2D eigenvalue weighted by molar-refractivity contribution is 5.76. The van der Waals surface area contributed by atoms with Crippen molar-refractivity contribution >= 4 is 17.2 Å². The molecule has 2 aromatic rings. The van der Waals surface area contributed by atoms with Crippen LogP contribution in [0.4, 0.5) is 19.0 Å². The van der Waals surface area contributed by atoms with E-state index in [0.717, 1.165) is 4.68 Å². The molecule has 2 heterocycles. The Bertz CT molecular complexity index is 971. The summed E-state index contributed by atoms with van der Waals surface area (Å²) < 4.78 is 39.5. The molecule has 0 saturated heterocycles. The SMILES string of the molecule is CC(C)c1nn(CC(=O)N[C@H]2C[C@@](C)(O)C2)c(=O)c2cc(NCC(F)(F)F)nn12. The van der Waals surface area contributed by atoms with E-state index in [0.29, 0.717) is 18.7 Å². The molecule has 1 saturated carbocycles. The average Bonchev–Trinajstić information content (AvgIpc) is 2.97. The van der Waals surface area contributed by atoms with Crippen LogP contribution in [0.1, 0.15) is 45.4 Å². The van der Waals surface area contributed by atoms with E-state index >= 15 is 0 Å². The van der Waals surface area contributed by atoms with Gasteiger partial charge in [-0.1, -0.05) is 13.8 Å². The molecule has 0 spiro atoms. The van der Waals surface area contributed by atoms with E-state index in [2.05, 4.69) is 20.8 Å². The number of hydrogen-bond donors (Lipinski definition) is 3. The van der Waals surface area contributed by atoms with Gasteiger partial charge in [-0.05, 0) is 19.8 Å². The van der Waals surface area contributed by atoms with E-state index in [-0.39, 0.29) is 29.8 Å². The number of fused-ring (bicyclic) bond motifs is 1. The predicted molar refractivity (Wildman–Crippen MR) is 97.7 cm³/mol. The standard InChI is InChI=1S/C17H23F3N6O3/c1-9(2)14-24-25(7-13(27)22-10-5-16(3,29)6-10)15(28)11-4-12(23-26(11)14)21-8-17(18,19)20/h4,9-10,29H,5-8H2,1-3H3,(H,21,23)(H,22,27)/t10-,16+. The van der Waals surface area contributed by atoms with Gasteiger partial charge in [0, 0.05) is 18.0 Å². The van der Waals surface area contributed by atoms with Gasteiger partial charge in [0.15, 0.2) is 5.82 Å². The fraction of sp³-hybridized carbons (Fsp3) is 0.647. The molecule has 0 radical (unpaired) electrons. The summed E-state index contributed by atoms with van der Waals surface area (Å²) in [7, 11) is 0. The van der Waals surface area contributed by atoms with Crippen molar-refractivity contribution < 1.29 is 23.1 Å². The summed E-state index contributed by atoms with van der Waals surface area (Å²) in [5.41, 5.74) is -1.42. The van der Waals surface area contributed by atoms with E-state index in [1.807, 2.05) is 0 Å². The summed E-state index contributed by atoms with van der Waals surface area (Å²) in [6.45, 7) is 3.62. The molecule has 1 fully saturated rings. The van der Waals surface area contributed by atoms with Gasteiger partial charge in [-0.25, -0.2) is 9.20 Å². The summed E-state index contributed by atoms with van der Waals surface area (Å²) in [4.78, 5) is 25.0. The highest BCUT2D eigenvalue weighted by atomic mass is 19.4. The number of amides is 1. The lowest BCUT2D eigenvalue weighted by Crippen LogP contribution is -2.54. The Morgan fingerprint density at radius 1 is 1.38 bits per heavy atom. The van der Waals surface area contributed by atoms with Gasteiger partial charge >= 0.3 is 6.18 Å². The van der Waals surface area contributed by atoms with Crippen molar-refractivity contribution in [1.82, 2.24) is 24.7 Å². The van der Waals surface area contributed by atoms with E-state index in [4.69, 9.17) is 0 Å². The van der Waals surface area contributed by atoms with Crippen LogP contribution >= 0.6 is 0 Å². The lowest BCUT2D eigenvalue weighted by molar-refractivity contribution is -0.125. The van der Waals surface area contributed by atoms with Crippen molar-refractivity contribution in [2.75, 3.05) is 11.9 Å². The Morgan fingerprint density at radius 3 is 2.59 bits per heavy atom. The van der Waals surface area contributed by atoms with Crippen LogP contribution in [-0.2, 0) is 11.3 Å². The van der Waals surface area contributed by atoms with Crippen LogP contribution in [0.25, 0.3) is 5.52 Å². The van der Waals surface area contributed by atoms with Crippen LogP contribution in [-0.4, -0.2) is 54.8 Å². The normalized spacial score (nSPS) is 22.0. The number of hydrogen-bond acceptors (Lipinski definition) is 6. The average molecular weight is 416 g/mol. The minimum atomic E-state index is -4.43. The van der Waals surface area contributed by atoms with E-state index < -0.39 is 29.8 Å². The number of anilines is 1. The molecule has 3 N–H and O–H groups in total. The highest BCUT2D eigenvalue weighted by Gasteiger charge is 2.39. The predicted octanol–water partition coefficient (Wildman–Crippen LogP) is 1.02. The molecule has 29 heavy (non-hydrogen) atoms. The first kappa shape index (κ1) is 21.1. The van der Waals surface area contributed by atoms with Crippen LogP contribution < -0.4 is 16.2 Å². The van der Waals surface area contributed by atoms with Crippen molar-refractivity contribution in [2.24, 2.45) is 0 Å². The van der Waals surface area contributed by atoms with Crippen LogP contribution in [0.5, 0.6) is 0 Å². The lowest BCUT2D eigenvalue weighted by atomic mass is 9.77. The number of nitrogens with zero attached hydrogens (tertiary/aromatic N) is 4. The maximum atomic E-state index is 12.7. The minimum Gasteiger partial charge on any atom is -0.390 e. The van der Waals surface area contributed by atoms with E-state index in [1.54, 1.807) is 20.8 Å². The first-order valence-electron chi connectivity index (χ1n) is 9.18. The number of carbonyl (C=O) groups is 1. The number of alkyl halides is 3. The summed E-state index contributed by atoms with van der Waals surface area (Å²) in [6, 6.07) is 1.04. The van der Waals surface area contributed by atoms with Crippen molar-refractivity contribution in [3.05, 3.63) is 22.2 Å². The lowest BCUT2D eigenvalue weighted by Gasteiger charge is -2.41. The second-order valence-corrected chi connectivity index (χ2v) is 7.94. The van der Waals surface area contributed by atoms with E-state index in [1.165, 1.54) is 10.6 Å². The van der Waals surface area contributed by atoms with Gasteiger partial charge in [-0.2, -0.15) is 18.3 Å². The quantitative estimate of drug-likeness (QED) is 0.648. The molecule has 0 atom stereocenters. The Morgan fingerprint density at radius 2 is 2.03 bits per heavy atom. The first-order chi connectivity index (χ1) is 13.3.